The van der Waals surface area contributed by atoms with Crippen LogP contribution in [0.2, 0.25) is 0 Å². The maximum atomic E-state index is 12.9. The molecular weight excluding hydrogens is 381 g/mol. The number of nitrogens with zero attached hydrogens (tertiary/aromatic N) is 2. The average Bonchev–Trinajstić information content (AvgIpc) is 3.23. The lowest BCUT2D eigenvalue weighted by Crippen LogP contribution is -2.30. The molecule has 1 N–H and O–H groups in total. The van der Waals surface area contributed by atoms with Gasteiger partial charge in [0.2, 0.25) is 0 Å². The first-order valence-corrected chi connectivity index (χ1v) is 9.16. The standard InChI is InChI=1S/C20H20FN3O5/c1-13(19(25)22-16-7-5-15(21)6-8-16)29-20(26)14-4-9-17(18(12-14)24(27)28)23-10-2-3-11-23/h4-9,12-13H,2-3,10-11H2,1H3,(H,22,25)/t13-/m0/s1. The third-order valence-electron chi connectivity index (χ3n) is 4.62. The highest BCUT2D eigenvalue weighted by atomic mass is 19.1. The van der Waals surface area contributed by atoms with Gasteiger partial charge in [-0.25, -0.2) is 9.18 Å². The normalized spacial score (nSPS) is 14.3. The molecule has 9 heteroatoms. The van der Waals surface area contributed by atoms with Crippen molar-refractivity contribution in [3.8, 4) is 0 Å². The second kappa shape index (κ2) is 8.68. The molecule has 0 saturated carbocycles. The number of nitrogens with one attached hydrogen (secondary N) is 1. The number of carbonyl (C=O) groups is 2. The molecule has 0 aliphatic carbocycles. The van der Waals surface area contributed by atoms with Gasteiger partial charge in [-0.3, -0.25) is 14.9 Å². The zero-order valence-electron chi connectivity index (χ0n) is 15.8. The molecule has 152 valence electrons. The van der Waals surface area contributed by atoms with Crippen molar-refractivity contribution in [3.63, 3.8) is 0 Å². The summed E-state index contributed by atoms with van der Waals surface area (Å²) in [5.41, 5.74) is 0.627. The second-order valence-corrected chi connectivity index (χ2v) is 6.70. The van der Waals surface area contributed by atoms with Gasteiger partial charge >= 0.3 is 5.97 Å². The summed E-state index contributed by atoms with van der Waals surface area (Å²) in [6, 6.07) is 9.28. The van der Waals surface area contributed by atoms with Crippen molar-refractivity contribution in [3.05, 3.63) is 64.0 Å². The molecule has 3 rings (SSSR count). The smallest absolute Gasteiger partial charge is 0.339 e. The molecule has 1 aliphatic rings. The minimum absolute atomic E-state index is 0.0129. The Balaban J connectivity index is 1.69. The summed E-state index contributed by atoms with van der Waals surface area (Å²) in [7, 11) is 0. The number of nitro benzene ring substituents is 1. The van der Waals surface area contributed by atoms with E-state index in [0.29, 0.717) is 11.4 Å². The zero-order chi connectivity index (χ0) is 21.0. The van der Waals surface area contributed by atoms with Crippen molar-refractivity contribution in [1.29, 1.82) is 0 Å². The first kappa shape index (κ1) is 20.2. The highest BCUT2D eigenvalue weighted by Gasteiger charge is 2.25. The van der Waals surface area contributed by atoms with Gasteiger partial charge in [0.1, 0.15) is 11.5 Å². The van der Waals surface area contributed by atoms with Crippen LogP contribution < -0.4 is 10.2 Å². The molecule has 0 radical (unpaired) electrons. The highest BCUT2D eigenvalue weighted by Crippen LogP contribution is 2.32. The number of ether oxygens (including phenoxy) is 1. The molecule has 1 saturated heterocycles. The van der Waals surface area contributed by atoms with Gasteiger partial charge in [-0.15, -0.1) is 0 Å². The summed E-state index contributed by atoms with van der Waals surface area (Å²) in [6.07, 6.45) is 0.772. The maximum Gasteiger partial charge on any atom is 0.339 e. The van der Waals surface area contributed by atoms with E-state index in [1.807, 2.05) is 4.90 Å². The Labute approximate surface area is 166 Å². The molecule has 2 aromatic rings. The van der Waals surface area contributed by atoms with Crippen molar-refractivity contribution < 1.29 is 23.6 Å². The number of amides is 1. The van der Waals surface area contributed by atoms with E-state index in [9.17, 15) is 24.1 Å². The van der Waals surface area contributed by atoms with Crippen LogP contribution in [0.25, 0.3) is 0 Å². The molecule has 1 atom stereocenters. The Morgan fingerprint density at radius 2 is 1.83 bits per heavy atom. The van der Waals surface area contributed by atoms with Gasteiger partial charge in [0.05, 0.1) is 10.5 Å². The fourth-order valence-electron chi connectivity index (χ4n) is 3.08. The highest BCUT2D eigenvalue weighted by molar-refractivity contribution is 5.97. The molecular formula is C20H20FN3O5. The molecule has 0 bridgehead atoms. The van der Waals surface area contributed by atoms with Crippen molar-refractivity contribution in [2.24, 2.45) is 0 Å². The van der Waals surface area contributed by atoms with E-state index in [1.165, 1.54) is 49.4 Å². The lowest BCUT2D eigenvalue weighted by Gasteiger charge is -2.18. The number of halogens is 1. The van der Waals surface area contributed by atoms with Crippen LogP contribution >= 0.6 is 0 Å². The van der Waals surface area contributed by atoms with Crippen molar-refractivity contribution in [2.45, 2.75) is 25.9 Å². The van der Waals surface area contributed by atoms with Crippen LogP contribution in [0.15, 0.2) is 42.5 Å². The number of nitro groups is 1. The van der Waals surface area contributed by atoms with Crippen LogP contribution in [0.4, 0.5) is 21.5 Å². The number of hydrogen-bond acceptors (Lipinski definition) is 6. The van der Waals surface area contributed by atoms with Crippen LogP contribution in [-0.2, 0) is 9.53 Å². The molecule has 29 heavy (non-hydrogen) atoms. The number of esters is 1. The molecule has 1 amide bonds. The Morgan fingerprint density at radius 3 is 2.45 bits per heavy atom. The predicted molar refractivity (Wildman–Crippen MR) is 104 cm³/mol. The zero-order valence-corrected chi connectivity index (χ0v) is 15.8. The van der Waals surface area contributed by atoms with Crippen molar-refractivity contribution in [2.75, 3.05) is 23.3 Å². The lowest BCUT2D eigenvalue weighted by molar-refractivity contribution is -0.384. The monoisotopic (exact) mass is 401 g/mol. The fourth-order valence-corrected chi connectivity index (χ4v) is 3.08. The van der Waals surface area contributed by atoms with Crippen LogP contribution in [0.5, 0.6) is 0 Å². The van der Waals surface area contributed by atoms with Gasteiger partial charge < -0.3 is 15.0 Å². The van der Waals surface area contributed by atoms with E-state index < -0.39 is 28.7 Å². The number of rotatable bonds is 6. The number of benzene rings is 2. The summed E-state index contributed by atoms with van der Waals surface area (Å²) >= 11 is 0. The van der Waals surface area contributed by atoms with E-state index in [0.717, 1.165) is 25.9 Å². The van der Waals surface area contributed by atoms with E-state index in [1.54, 1.807) is 0 Å². The van der Waals surface area contributed by atoms with Gasteiger partial charge in [0.15, 0.2) is 6.10 Å². The Bertz CT molecular complexity index is 926. The van der Waals surface area contributed by atoms with Crippen LogP contribution in [-0.4, -0.2) is 36.0 Å². The molecule has 0 spiro atoms. The predicted octanol–water partition coefficient (Wildman–Crippen LogP) is 3.52. The lowest BCUT2D eigenvalue weighted by atomic mass is 10.1. The largest absolute Gasteiger partial charge is 0.449 e. The average molecular weight is 401 g/mol. The molecule has 8 nitrogen and oxygen atoms in total. The maximum absolute atomic E-state index is 12.9. The van der Waals surface area contributed by atoms with Gasteiger partial charge in [0.25, 0.3) is 11.6 Å². The van der Waals surface area contributed by atoms with Crippen molar-refractivity contribution in [1.82, 2.24) is 0 Å². The topological polar surface area (TPSA) is 102 Å². The minimum atomic E-state index is -1.15. The summed E-state index contributed by atoms with van der Waals surface area (Å²) in [5.74, 6) is -1.89. The van der Waals surface area contributed by atoms with E-state index in [-0.39, 0.29) is 11.3 Å². The molecule has 1 fully saturated rings. The number of anilines is 2. The second-order valence-electron chi connectivity index (χ2n) is 6.70. The van der Waals surface area contributed by atoms with E-state index >= 15 is 0 Å². The van der Waals surface area contributed by atoms with Gasteiger partial charge in [-0.05, 0) is 56.2 Å². The SMILES string of the molecule is C[C@H](OC(=O)c1ccc(N2CCCC2)c([N+](=O)[O-])c1)C(=O)Nc1ccc(F)cc1. The third-order valence-corrected chi connectivity index (χ3v) is 4.62. The Kier molecular flexibility index (Phi) is 6.06. The molecule has 2 aromatic carbocycles. The summed E-state index contributed by atoms with van der Waals surface area (Å²) in [5, 5.41) is 14.0. The molecule has 1 aliphatic heterocycles. The van der Waals surface area contributed by atoms with Gasteiger partial charge in [-0.1, -0.05) is 0 Å². The third kappa shape index (κ3) is 4.87. The summed E-state index contributed by atoms with van der Waals surface area (Å²) in [6.45, 7) is 2.83. The number of hydrogen-bond donors (Lipinski definition) is 1. The molecule has 0 unspecified atom stereocenters. The first-order valence-electron chi connectivity index (χ1n) is 9.16. The van der Waals surface area contributed by atoms with Gasteiger partial charge in [-0.2, -0.15) is 0 Å². The number of carbonyl (C=O) groups excluding carboxylic acids is 2. The van der Waals surface area contributed by atoms with Crippen molar-refractivity contribution >= 4 is 28.9 Å². The molecule has 0 aromatic heterocycles. The molecule has 1 heterocycles. The Morgan fingerprint density at radius 1 is 1.17 bits per heavy atom. The van der Waals surface area contributed by atoms with Crippen LogP contribution in [0.3, 0.4) is 0 Å². The van der Waals surface area contributed by atoms with E-state index in [2.05, 4.69) is 5.32 Å². The first-order chi connectivity index (χ1) is 13.8. The fraction of sp³-hybridized carbons (Fsp3) is 0.300. The summed E-state index contributed by atoms with van der Waals surface area (Å²) < 4.78 is 18.1. The Hall–Kier alpha value is -3.49. The van der Waals surface area contributed by atoms with Crippen LogP contribution in [0.1, 0.15) is 30.1 Å². The van der Waals surface area contributed by atoms with E-state index in [4.69, 9.17) is 4.74 Å². The van der Waals surface area contributed by atoms with Gasteiger partial charge in [0, 0.05) is 24.8 Å². The quantitative estimate of drug-likeness (QED) is 0.451. The van der Waals surface area contributed by atoms with Crippen LogP contribution in [0, 0.1) is 15.9 Å². The summed E-state index contributed by atoms with van der Waals surface area (Å²) in [4.78, 5) is 37.4. The minimum Gasteiger partial charge on any atom is -0.449 e.